The van der Waals surface area contributed by atoms with Crippen LogP contribution in [0.1, 0.15) is 45.7 Å². The number of fused-ring (bicyclic) bond motifs is 3. The second-order valence-electron chi connectivity index (χ2n) is 8.10. The third-order valence-corrected chi connectivity index (χ3v) is 3.98. The highest BCUT2D eigenvalue weighted by atomic mass is 16.3. The van der Waals surface area contributed by atoms with Gasteiger partial charge in [0.1, 0.15) is 11.2 Å². The van der Waals surface area contributed by atoms with Gasteiger partial charge in [-0.1, -0.05) is 46.8 Å². The van der Waals surface area contributed by atoms with Gasteiger partial charge in [-0.25, -0.2) is 0 Å². The van der Waals surface area contributed by atoms with Gasteiger partial charge in [0.25, 0.3) is 0 Å². The largest absolute Gasteiger partial charge is 0.456 e. The Morgan fingerprint density at radius 2 is 1.41 bits per heavy atom. The molecule has 0 unspecified atom stereocenters. The molecule has 3 aromatic rings. The summed E-state index contributed by atoms with van der Waals surface area (Å²) >= 11 is 0. The number of furan rings is 1. The van der Waals surface area contributed by atoms with Crippen LogP contribution in [0.25, 0.3) is 21.9 Å². The van der Waals surface area contributed by atoms with Crippen molar-refractivity contribution in [3.63, 3.8) is 0 Å². The van der Waals surface area contributed by atoms with Gasteiger partial charge < -0.3 is 4.42 Å². The molecule has 22 heavy (non-hydrogen) atoms. The van der Waals surface area contributed by atoms with Gasteiger partial charge >= 0.3 is 0 Å². The van der Waals surface area contributed by atoms with Crippen LogP contribution in [0.4, 0.5) is 0 Å². The molecule has 3 rings (SSSR count). The fourth-order valence-electron chi connectivity index (χ4n) is 3.19. The molecule has 1 heteroatoms. The van der Waals surface area contributed by atoms with E-state index in [1.807, 2.05) is 0 Å². The van der Waals surface area contributed by atoms with Crippen molar-refractivity contribution in [2.75, 3.05) is 0 Å². The molecule has 1 aromatic heterocycles. The van der Waals surface area contributed by atoms with Crippen LogP contribution in [-0.4, -0.2) is 0 Å². The minimum atomic E-state index is 0.302. The van der Waals surface area contributed by atoms with Crippen LogP contribution in [-0.2, 0) is 12.8 Å². The number of hydrogen-bond acceptors (Lipinski definition) is 1. The van der Waals surface area contributed by atoms with E-state index in [1.165, 1.54) is 21.9 Å². The summed E-state index contributed by atoms with van der Waals surface area (Å²) in [4.78, 5) is 0. The summed E-state index contributed by atoms with van der Waals surface area (Å²) in [6, 6.07) is 13.3. The minimum absolute atomic E-state index is 0.302. The Hall–Kier alpha value is -1.76. The Morgan fingerprint density at radius 1 is 0.864 bits per heavy atom. The first-order valence-electron chi connectivity index (χ1n) is 8.26. The predicted octanol–water partition coefficient (Wildman–Crippen LogP) is 6.37. The number of rotatable bonds is 3. The lowest BCUT2D eigenvalue weighted by atomic mass is 9.88. The summed E-state index contributed by atoms with van der Waals surface area (Å²) in [5.74, 6) is 0.673. The van der Waals surface area contributed by atoms with E-state index in [9.17, 15) is 0 Å². The normalized spacial score (nSPS) is 12.6. The minimum Gasteiger partial charge on any atom is -0.456 e. The van der Waals surface area contributed by atoms with Crippen molar-refractivity contribution in [2.24, 2.45) is 11.3 Å². The summed E-state index contributed by atoms with van der Waals surface area (Å²) in [5.41, 5.74) is 5.07. The topological polar surface area (TPSA) is 13.1 Å². The highest BCUT2D eigenvalue weighted by Crippen LogP contribution is 2.32. The first-order valence-corrected chi connectivity index (χ1v) is 8.26. The molecule has 0 aliphatic heterocycles. The smallest absolute Gasteiger partial charge is 0.135 e. The molecule has 0 saturated carbocycles. The zero-order chi connectivity index (χ0) is 15.9. The molecule has 0 fully saturated rings. The first-order chi connectivity index (χ1) is 10.3. The van der Waals surface area contributed by atoms with E-state index >= 15 is 0 Å². The Labute approximate surface area is 133 Å². The fraction of sp³-hybridized carbons (Fsp3) is 0.429. The SMILES string of the molecule is CC(C)Cc1ccc2oc3ccc(CC(C)(C)C)cc3c2c1. The molecule has 0 aliphatic rings. The summed E-state index contributed by atoms with van der Waals surface area (Å²) in [6.45, 7) is 11.4. The van der Waals surface area contributed by atoms with Crippen LogP contribution in [0.2, 0.25) is 0 Å². The molecule has 0 atom stereocenters. The van der Waals surface area contributed by atoms with Crippen LogP contribution < -0.4 is 0 Å². The quantitative estimate of drug-likeness (QED) is 0.546. The zero-order valence-corrected chi connectivity index (χ0v) is 14.4. The molecule has 0 amide bonds. The number of benzene rings is 2. The van der Waals surface area contributed by atoms with Crippen LogP contribution in [0.15, 0.2) is 40.8 Å². The first kappa shape index (κ1) is 15.1. The van der Waals surface area contributed by atoms with Crippen LogP contribution in [0.3, 0.4) is 0 Å². The highest BCUT2D eigenvalue weighted by molar-refractivity contribution is 6.05. The third-order valence-electron chi connectivity index (χ3n) is 3.98. The molecule has 0 bridgehead atoms. The maximum atomic E-state index is 6.00. The van der Waals surface area contributed by atoms with Gasteiger partial charge in [-0.3, -0.25) is 0 Å². The summed E-state index contributed by atoms with van der Waals surface area (Å²) in [5, 5.41) is 2.51. The molecule has 0 radical (unpaired) electrons. The Kier molecular flexibility index (Phi) is 3.76. The maximum Gasteiger partial charge on any atom is 0.135 e. The highest BCUT2D eigenvalue weighted by Gasteiger charge is 2.14. The second-order valence-corrected chi connectivity index (χ2v) is 8.10. The van der Waals surface area contributed by atoms with Crippen LogP contribution in [0, 0.1) is 11.3 Å². The average Bonchev–Trinajstić information content (AvgIpc) is 2.74. The van der Waals surface area contributed by atoms with E-state index in [2.05, 4.69) is 71.0 Å². The number of hydrogen-bond donors (Lipinski definition) is 0. The average molecular weight is 294 g/mol. The molecule has 0 saturated heterocycles. The standard InChI is InChI=1S/C21H26O/c1-14(2)10-15-6-8-19-17(11-15)18-12-16(13-21(3,4)5)7-9-20(18)22-19/h6-9,11-12,14H,10,13H2,1-5H3. The molecule has 0 N–H and O–H groups in total. The summed E-state index contributed by atoms with van der Waals surface area (Å²) in [7, 11) is 0. The van der Waals surface area contributed by atoms with Crippen molar-refractivity contribution >= 4 is 21.9 Å². The van der Waals surface area contributed by atoms with Gasteiger partial charge in [0.15, 0.2) is 0 Å². The molecule has 0 spiro atoms. The molecular weight excluding hydrogens is 268 g/mol. The van der Waals surface area contributed by atoms with Gasteiger partial charge in [0.05, 0.1) is 0 Å². The lowest BCUT2D eigenvalue weighted by Crippen LogP contribution is -2.08. The van der Waals surface area contributed by atoms with Crippen molar-refractivity contribution in [2.45, 2.75) is 47.5 Å². The van der Waals surface area contributed by atoms with Crippen molar-refractivity contribution in [3.05, 3.63) is 47.5 Å². The van der Waals surface area contributed by atoms with Gasteiger partial charge in [-0.05, 0) is 59.6 Å². The maximum absolute atomic E-state index is 6.00. The Balaban J connectivity index is 2.10. The summed E-state index contributed by atoms with van der Waals surface area (Å²) in [6.07, 6.45) is 2.20. The van der Waals surface area contributed by atoms with Crippen LogP contribution in [0.5, 0.6) is 0 Å². The predicted molar refractivity (Wildman–Crippen MR) is 95.4 cm³/mol. The Bertz CT molecular complexity index is 800. The molecule has 1 heterocycles. The van der Waals surface area contributed by atoms with E-state index < -0.39 is 0 Å². The lowest BCUT2D eigenvalue weighted by molar-refractivity contribution is 0.411. The summed E-state index contributed by atoms with van der Waals surface area (Å²) < 4.78 is 6.00. The van der Waals surface area contributed by atoms with Gasteiger partial charge in [-0.15, -0.1) is 0 Å². The Morgan fingerprint density at radius 3 is 1.95 bits per heavy atom. The van der Waals surface area contributed by atoms with E-state index in [1.54, 1.807) is 0 Å². The molecule has 1 nitrogen and oxygen atoms in total. The van der Waals surface area contributed by atoms with E-state index in [-0.39, 0.29) is 0 Å². The molecule has 116 valence electrons. The molecule has 0 aliphatic carbocycles. The monoisotopic (exact) mass is 294 g/mol. The molecular formula is C21H26O. The second kappa shape index (κ2) is 5.46. The van der Waals surface area contributed by atoms with Crippen LogP contribution >= 0.6 is 0 Å². The fourth-order valence-corrected chi connectivity index (χ4v) is 3.19. The zero-order valence-electron chi connectivity index (χ0n) is 14.4. The third kappa shape index (κ3) is 3.19. The van der Waals surface area contributed by atoms with Crippen molar-refractivity contribution in [1.29, 1.82) is 0 Å². The van der Waals surface area contributed by atoms with Crippen molar-refractivity contribution in [3.8, 4) is 0 Å². The lowest BCUT2D eigenvalue weighted by Gasteiger charge is -2.17. The van der Waals surface area contributed by atoms with Gasteiger partial charge in [0, 0.05) is 10.8 Å². The van der Waals surface area contributed by atoms with E-state index in [0.29, 0.717) is 11.3 Å². The van der Waals surface area contributed by atoms with E-state index in [0.717, 1.165) is 24.0 Å². The molecule has 2 aromatic carbocycles. The van der Waals surface area contributed by atoms with E-state index in [4.69, 9.17) is 4.42 Å². The van der Waals surface area contributed by atoms with Crippen molar-refractivity contribution in [1.82, 2.24) is 0 Å². The van der Waals surface area contributed by atoms with Gasteiger partial charge in [0.2, 0.25) is 0 Å². The van der Waals surface area contributed by atoms with Gasteiger partial charge in [-0.2, -0.15) is 0 Å². The van der Waals surface area contributed by atoms with Crippen molar-refractivity contribution < 1.29 is 4.42 Å².